The van der Waals surface area contributed by atoms with Gasteiger partial charge >= 0.3 is 11.9 Å². The highest BCUT2D eigenvalue weighted by molar-refractivity contribution is 6.09. The Bertz CT molecular complexity index is 958. The van der Waals surface area contributed by atoms with Crippen LogP contribution in [0.2, 0.25) is 0 Å². The summed E-state index contributed by atoms with van der Waals surface area (Å²) >= 11 is 0. The fraction of sp³-hybridized carbons (Fsp3) is 0.318. The standard InChI is InChI=1S/C22H22O9/c1-11(13-8-5-9-14(10-13)15(23)12-6-3-2-4-7-12)21(29)31-22-18(26)16(24)17(25)19(30-22)20(27)28/h2-11,16-19,22,24-26H,1H3,(H,27,28)/t11?,16-,17-,18+,19-,22?/m0/s1. The van der Waals surface area contributed by atoms with Crippen molar-refractivity contribution in [3.8, 4) is 0 Å². The molecule has 1 aliphatic rings. The van der Waals surface area contributed by atoms with Crippen molar-refractivity contribution in [2.75, 3.05) is 0 Å². The summed E-state index contributed by atoms with van der Waals surface area (Å²) in [6.07, 6.45) is -9.27. The third-order valence-electron chi connectivity index (χ3n) is 5.08. The van der Waals surface area contributed by atoms with Crippen LogP contribution in [0, 0.1) is 0 Å². The SMILES string of the molecule is CC(C(=O)OC1O[C@H](C(=O)O)[C@@H](O)[C@H](O)[C@H]1O)c1cccc(C(=O)c2ccccc2)c1. The molecule has 1 aliphatic heterocycles. The molecule has 0 spiro atoms. The van der Waals surface area contributed by atoms with Crippen LogP contribution in [0.1, 0.15) is 34.3 Å². The first kappa shape index (κ1) is 22.6. The number of carboxylic acids is 1. The molecule has 0 saturated carbocycles. The second-order valence-corrected chi connectivity index (χ2v) is 7.21. The number of hydrogen-bond donors (Lipinski definition) is 4. The van der Waals surface area contributed by atoms with Crippen molar-refractivity contribution in [3.05, 3.63) is 71.3 Å². The first-order chi connectivity index (χ1) is 14.7. The first-order valence-electron chi connectivity index (χ1n) is 9.53. The van der Waals surface area contributed by atoms with Crippen LogP contribution in [-0.2, 0) is 19.1 Å². The molecule has 0 radical (unpaired) electrons. The van der Waals surface area contributed by atoms with Gasteiger partial charge in [-0.05, 0) is 18.6 Å². The molecule has 0 bridgehead atoms. The highest BCUT2D eigenvalue weighted by Crippen LogP contribution is 2.26. The van der Waals surface area contributed by atoms with E-state index in [0.717, 1.165) is 0 Å². The lowest BCUT2D eigenvalue weighted by Gasteiger charge is -2.38. The molecule has 9 heteroatoms. The summed E-state index contributed by atoms with van der Waals surface area (Å²) in [6, 6.07) is 15.0. The lowest BCUT2D eigenvalue weighted by atomic mass is 9.95. The molecular formula is C22H22O9. The van der Waals surface area contributed by atoms with Gasteiger partial charge in [-0.25, -0.2) is 4.79 Å². The summed E-state index contributed by atoms with van der Waals surface area (Å²) in [5.74, 6) is -3.58. The maximum atomic E-state index is 12.6. The number of aliphatic hydroxyl groups is 3. The van der Waals surface area contributed by atoms with Gasteiger partial charge < -0.3 is 29.9 Å². The van der Waals surface area contributed by atoms with Crippen LogP contribution in [0.4, 0.5) is 0 Å². The highest BCUT2D eigenvalue weighted by Gasteiger charge is 2.48. The minimum absolute atomic E-state index is 0.226. The molecule has 3 rings (SSSR count). The second kappa shape index (κ2) is 9.36. The minimum Gasteiger partial charge on any atom is -0.479 e. The van der Waals surface area contributed by atoms with Crippen molar-refractivity contribution < 1.29 is 44.3 Å². The molecule has 4 N–H and O–H groups in total. The average molecular weight is 430 g/mol. The molecule has 1 saturated heterocycles. The maximum absolute atomic E-state index is 12.6. The molecular weight excluding hydrogens is 408 g/mol. The molecule has 2 unspecified atom stereocenters. The Morgan fingerprint density at radius 3 is 2.19 bits per heavy atom. The Balaban J connectivity index is 1.74. The molecule has 1 heterocycles. The number of benzene rings is 2. The number of esters is 1. The van der Waals surface area contributed by atoms with Gasteiger partial charge in [0.1, 0.15) is 18.3 Å². The van der Waals surface area contributed by atoms with Crippen molar-refractivity contribution in [2.45, 2.75) is 43.5 Å². The second-order valence-electron chi connectivity index (χ2n) is 7.21. The van der Waals surface area contributed by atoms with E-state index in [1.165, 1.54) is 13.0 Å². The predicted molar refractivity (Wildman–Crippen MR) is 105 cm³/mol. The van der Waals surface area contributed by atoms with Crippen molar-refractivity contribution in [3.63, 3.8) is 0 Å². The number of carbonyl (C=O) groups excluding carboxylic acids is 2. The zero-order valence-corrected chi connectivity index (χ0v) is 16.5. The van der Waals surface area contributed by atoms with Crippen molar-refractivity contribution >= 4 is 17.7 Å². The first-order valence-corrected chi connectivity index (χ1v) is 9.53. The number of carbonyl (C=O) groups is 3. The summed E-state index contributed by atoms with van der Waals surface area (Å²) in [7, 11) is 0. The number of ketones is 1. The third-order valence-corrected chi connectivity index (χ3v) is 5.08. The predicted octanol–water partition coefficient (Wildman–Crippen LogP) is 0.457. The molecule has 9 nitrogen and oxygen atoms in total. The zero-order valence-electron chi connectivity index (χ0n) is 16.5. The Labute approximate surface area is 177 Å². The van der Waals surface area contributed by atoms with Crippen molar-refractivity contribution in [1.29, 1.82) is 0 Å². The molecule has 31 heavy (non-hydrogen) atoms. The number of aliphatic hydroxyl groups excluding tert-OH is 3. The topological polar surface area (TPSA) is 151 Å². The zero-order chi connectivity index (χ0) is 22.7. The van der Waals surface area contributed by atoms with Gasteiger partial charge in [-0.15, -0.1) is 0 Å². The van der Waals surface area contributed by atoms with Gasteiger partial charge in [-0.1, -0.05) is 48.5 Å². The van der Waals surface area contributed by atoms with E-state index in [2.05, 4.69) is 0 Å². The molecule has 6 atom stereocenters. The quantitative estimate of drug-likeness (QED) is 0.378. The molecule has 0 amide bonds. The summed E-state index contributed by atoms with van der Waals surface area (Å²) in [5, 5.41) is 38.6. The largest absolute Gasteiger partial charge is 0.479 e. The average Bonchev–Trinajstić information content (AvgIpc) is 2.78. The summed E-state index contributed by atoms with van der Waals surface area (Å²) in [4.78, 5) is 36.4. The summed E-state index contributed by atoms with van der Waals surface area (Å²) in [5.41, 5.74) is 1.30. The highest BCUT2D eigenvalue weighted by atomic mass is 16.7. The van der Waals surface area contributed by atoms with Gasteiger partial charge in [-0.3, -0.25) is 9.59 Å². The fourth-order valence-corrected chi connectivity index (χ4v) is 3.21. The normalized spacial score (nSPS) is 26.6. The number of ether oxygens (including phenoxy) is 2. The minimum atomic E-state index is -1.89. The molecule has 1 fully saturated rings. The van der Waals surface area contributed by atoms with E-state index in [0.29, 0.717) is 16.7 Å². The van der Waals surface area contributed by atoms with E-state index >= 15 is 0 Å². The van der Waals surface area contributed by atoms with Crippen LogP contribution in [0.15, 0.2) is 54.6 Å². The summed E-state index contributed by atoms with van der Waals surface area (Å²) in [6.45, 7) is 1.50. The van der Waals surface area contributed by atoms with Gasteiger partial charge in [0.2, 0.25) is 6.29 Å². The number of hydrogen-bond acceptors (Lipinski definition) is 8. The lowest BCUT2D eigenvalue weighted by Crippen LogP contribution is -2.60. The van der Waals surface area contributed by atoms with Crippen LogP contribution in [0.3, 0.4) is 0 Å². The third kappa shape index (κ3) is 4.80. The van der Waals surface area contributed by atoms with Gasteiger partial charge in [-0.2, -0.15) is 0 Å². The van der Waals surface area contributed by atoms with Crippen LogP contribution in [-0.4, -0.2) is 68.9 Å². The van der Waals surface area contributed by atoms with Gasteiger partial charge in [0.05, 0.1) is 5.92 Å². The van der Waals surface area contributed by atoms with E-state index in [1.807, 2.05) is 0 Å². The Hall–Kier alpha value is -3.11. The van der Waals surface area contributed by atoms with Gasteiger partial charge in [0.15, 0.2) is 11.9 Å². The molecule has 0 aromatic heterocycles. The summed E-state index contributed by atoms with van der Waals surface area (Å²) < 4.78 is 10.0. The van der Waals surface area contributed by atoms with Crippen molar-refractivity contribution in [1.82, 2.24) is 0 Å². The van der Waals surface area contributed by atoms with Crippen LogP contribution in [0.5, 0.6) is 0 Å². The smallest absolute Gasteiger partial charge is 0.335 e. The molecule has 2 aromatic rings. The van der Waals surface area contributed by atoms with Crippen LogP contribution < -0.4 is 0 Å². The van der Waals surface area contributed by atoms with E-state index in [4.69, 9.17) is 14.6 Å². The monoisotopic (exact) mass is 430 g/mol. The Morgan fingerprint density at radius 2 is 1.55 bits per heavy atom. The van der Waals surface area contributed by atoms with E-state index in [1.54, 1.807) is 48.5 Å². The van der Waals surface area contributed by atoms with E-state index < -0.39 is 48.6 Å². The van der Waals surface area contributed by atoms with Crippen LogP contribution >= 0.6 is 0 Å². The van der Waals surface area contributed by atoms with Crippen LogP contribution in [0.25, 0.3) is 0 Å². The lowest BCUT2D eigenvalue weighted by molar-refractivity contribution is -0.286. The number of rotatable bonds is 6. The number of carboxylic acid groups (broad SMARTS) is 1. The maximum Gasteiger partial charge on any atom is 0.335 e. The molecule has 164 valence electrons. The van der Waals surface area contributed by atoms with Gasteiger partial charge in [0, 0.05) is 11.1 Å². The molecule has 0 aliphatic carbocycles. The van der Waals surface area contributed by atoms with E-state index in [-0.39, 0.29) is 5.78 Å². The number of aliphatic carboxylic acids is 1. The Kier molecular flexibility index (Phi) is 6.81. The fourth-order valence-electron chi connectivity index (χ4n) is 3.21. The molecule has 2 aromatic carbocycles. The van der Waals surface area contributed by atoms with Gasteiger partial charge in [0.25, 0.3) is 0 Å². The van der Waals surface area contributed by atoms with Crippen molar-refractivity contribution in [2.24, 2.45) is 0 Å². The van der Waals surface area contributed by atoms with E-state index in [9.17, 15) is 29.7 Å². The Morgan fingerprint density at radius 1 is 0.903 bits per heavy atom.